The van der Waals surface area contributed by atoms with E-state index in [1.165, 1.54) is 36.8 Å². The van der Waals surface area contributed by atoms with Crippen molar-refractivity contribution in [1.82, 2.24) is 4.90 Å². The van der Waals surface area contributed by atoms with Gasteiger partial charge < -0.3 is 19.1 Å². The molecule has 30 heavy (non-hydrogen) atoms. The first-order valence-corrected chi connectivity index (χ1v) is 11.1. The molecule has 1 aliphatic rings. The highest BCUT2D eigenvalue weighted by Gasteiger charge is 2.37. The van der Waals surface area contributed by atoms with Crippen LogP contribution in [0.1, 0.15) is 43.7 Å². The number of benzene rings is 2. The summed E-state index contributed by atoms with van der Waals surface area (Å²) in [5.41, 5.74) is 2.80. The molecule has 164 valence electrons. The minimum atomic E-state index is 0.193. The lowest BCUT2D eigenvalue weighted by molar-refractivity contribution is 0.0769. The molecule has 1 saturated carbocycles. The van der Waals surface area contributed by atoms with Gasteiger partial charge in [0.15, 0.2) is 11.5 Å². The number of nitrogens with zero attached hydrogens (tertiary/aromatic N) is 1. The molecule has 1 unspecified atom stereocenters. The first kappa shape index (κ1) is 22.6. The smallest absolute Gasteiger partial charge is 0.161 e. The fourth-order valence-corrected chi connectivity index (χ4v) is 4.87. The first-order valence-electron chi connectivity index (χ1n) is 11.1. The lowest BCUT2D eigenvalue weighted by atomic mass is 9.78. The van der Waals surface area contributed by atoms with Gasteiger partial charge in [-0.3, -0.25) is 0 Å². The van der Waals surface area contributed by atoms with Gasteiger partial charge >= 0.3 is 0 Å². The molecule has 0 N–H and O–H groups in total. The normalized spacial score (nSPS) is 16.6. The fraction of sp³-hybridized carbons (Fsp3) is 0.538. The number of hydrogen-bond donors (Lipinski definition) is 0. The zero-order valence-electron chi connectivity index (χ0n) is 19.0. The zero-order valence-corrected chi connectivity index (χ0v) is 19.0. The van der Waals surface area contributed by atoms with Crippen LogP contribution < -0.4 is 9.47 Å². The average Bonchev–Trinajstić information content (AvgIpc) is 3.23. The van der Waals surface area contributed by atoms with Crippen molar-refractivity contribution in [3.05, 3.63) is 59.7 Å². The van der Waals surface area contributed by atoms with Crippen molar-refractivity contribution < 1.29 is 14.2 Å². The summed E-state index contributed by atoms with van der Waals surface area (Å²) in [6, 6.07) is 16.9. The summed E-state index contributed by atoms with van der Waals surface area (Å²) < 4.78 is 17.0. The van der Waals surface area contributed by atoms with Crippen LogP contribution in [0.3, 0.4) is 0 Å². The molecule has 0 spiro atoms. The molecule has 1 fully saturated rings. The Morgan fingerprint density at radius 1 is 0.967 bits per heavy atom. The summed E-state index contributed by atoms with van der Waals surface area (Å²) in [7, 11) is 5.65. The Bertz CT molecular complexity index is 771. The lowest BCUT2D eigenvalue weighted by Crippen LogP contribution is -2.39. The van der Waals surface area contributed by atoms with Crippen molar-refractivity contribution in [2.24, 2.45) is 5.92 Å². The van der Waals surface area contributed by atoms with Gasteiger partial charge in [0.1, 0.15) is 0 Å². The quantitative estimate of drug-likeness (QED) is 0.502. The van der Waals surface area contributed by atoms with Crippen molar-refractivity contribution in [3.63, 3.8) is 0 Å². The van der Waals surface area contributed by atoms with Crippen LogP contribution in [-0.4, -0.2) is 45.9 Å². The molecule has 0 amide bonds. The fourth-order valence-electron chi connectivity index (χ4n) is 4.87. The molecule has 1 atom stereocenters. The van der Waals surface area contributed by atoms with Gasteiger partial charge in [-0.25, -0.2) is 0 Å². The standard InChI is InChI=1S/C26H37NO3/c1-21(18-30-19-22-10-6-5-7-11-22)17-27(2)20-26(14-8-9-15-26)23-12-13-24(28-3)25(16-23)29-4/h5-7,10-13,16,21H,8-9,14-15,17-20H2,1-4H3. The number of ether oxygens (including phenoxy) is 3. The Hall–Kier alpha value is -2.04. The van der Waals surface area contributed by atoms with E-state index in [0.29, 0.717) is 12.5 Å². The van der Waals surface area contributed by atoms with Crippen LogP contribution in [0, 0.1) is 5.92 Å². The van der Waals surface area contributed by atoms with E-state index in [1.807, 2.05) is 12.1 Å². The largest absolute Gasteiger partial charge is 0.493 e. The second-order valence-electron chi connectivity index (χ2n) is 8.86. The SMILES string of the molecule is COc1ccc(C2(CN(C)CC(C)COCc3ccccc3)CCCC2)cc1OC. The molecule has 4 heteroatoms. The average molecular weight is 412 g/mol. The van der Waals surface area contributed by atoms with Crippen LogP contribution in [-0.2, 0) is 16.8 Å². The van der Waals surface area contributed by atoms with Gasteiger partial charge in [-0.1, -0.05) is 56.2 Å². The third-order valence-electron chi connectivity index (χ3n) is 6.27. The summed E-state index contributed by atoms with van der Waals surface area (Å²) in [6.45, 7) is 5.83. The Kier molecular flexibility index (Phi) is 8.17. The molecular formula is C26H37NO3. The highest BCUT2D eigenvalue weighted by atomic mass is 16.5. The van der Waals surface area contributed by atoms with Crippen molar-refractivity contribution in [1.29, 1.82) is 0 Å². The van der Waals surface area contributed by atoms with Crippen LogP contribution in [0.15, 0.2) is 48.5 Å². The highest BCUT2D eigenvalue weighted by molar-refractivity contribution is 5.45. The van der Waals surface area contributed by atoms with Crippen LogP contribution in [0.2, 0.25) is 0 Å². The van der Waals surface area contributed by atoms with E-state index in [-0.39, 0.29) is 5.41 Å². The van der Waals surface area contributed by atoms with E-state index < -0.39 is 0 Å². The third kappa shape index (κ3) is 5.77. The molecule has 2 aromatic carbocycles. The molecule has 0 aliphatic heterocycles. The Labute approximate surface area is 182 Å². The number of hydrogen-bond acceptors (Lipinski definition) is 4. The van der Waals surface area contributed by atoms with E-state index in [0.717, 1.165) is 31.2 Å². The molecule has 4 nitrogen and oxygen atoms in total. The van der Waals surface area contributed by atoms with Gasteiger partial charge in [0.2, 0.25) is 0 Å². The molecule has 0 aromatic heterocycles. The molecule has 0 radical (unpaired) electrons. The minimum absolute atomic E-state index is 0.193. The Morgan fingerprint density at radius 3 is 2.33 bits per heavy atom. The predicted octanol–water partition coefficient (Wildman–Crippen LogP) is 5.30. The molecule has 3 rings (SSSR count). The first-order chi connectivity index (χ1) is 14.6. The third-order valence-corrected chi connectivity index (χ3v) is 6.27. The van der Waals surface area contributed by atoms with Crippen LogP contribution in [0.25, 0.3) is 0 Å². The molecule has 1 aliphatic carbocycles. The van der Waals surface area contributed by atoms with Crippen molar-refractivity contribution in [2.75, 3.05) is 41.0 Å². The number of rotatable bonds is 11. The van der Waals surface area contributed by atoms with E-state index in [4.69, 9.17) is 14.2 Å². The van der Waals surface area contributed by atoms with Gasteiger partial charge in [-0.05, 0) is 49.1 Å². The molecule has 0 bridgehead atoms. The number of likely N-dealkylation sites (N-methyl/N-ethyl adjacent to an activating group) is 1. The van der Waals surface area contributed by atoms with Crippen molar-refractivity contribution >= 4 is 0 Å². The maximum atomic E-state index is 5.96. The van der Waals surface area contributed by atoms with Gasteiger partial charge in [0.05, 0.1) is 27.4 Å². The maximum Gasteiger partial charge on any atom is 0.161 e. The molecule has 0 saturated heterocycles. The van der Waals surface area contributed by atoms with Crippen molar-refractivity contribution in [3.8, 4) is 11.5 Å². The van der Waals surface area contributed by atoms with E-state index in [2.05, 4.69) is 55.3 Å². The maximum absolute atomic E-state index is 5.96. The second-order valence-corrected chi connectivity index (χ2v) is 8.86. The van der Waals surface area contributed by atoms with Crippen molar-refractivity contribution in [2.45, 2.75) is 44.6 Å². The Balaban J connectivity index is 1.58. The van der Waals surface area contributed by atoms with Gasteiger partial charge in [-0.2, -0.15) is 0 Å². The van der Waals surface area contributed by atoms with E-state index in [9.17, 15) is 0 Å². The number of methoxy groups -OCH3 is 2. The lowest BCUT2D eigenvalue weighted by Gasteiger charge is -2.35. The van der Waals surface area contributed by atoms with Crippen LogP contribution in [0.5, 0.6) is 11.5 Å². The summed E-state index contributed by atoms with van der Waals surface area (Å²) in [5.74, 6) is 2.11. The monoisotopic (exact) mass is 411 g/mol. The van der Waals surface area contributed by atoms with Gasteiger partial charge in [-0.15, -0.1) is 0 Å². The zero-order chi connectivity index (χ0) is 21.4. The molecule has 0 heterocycles. The summed E-state index contributed by atoms with van der Waals surface area (Å²) >= 11 is 0. The van der Waals surface area contributed by atoms with Gasteiger partial charge in [0, 0.05) is 18.5 Å². The van der Waals surface area contributed by atoms with Gasteiger partial charge in [0.25, 0.3) is 0 Å². The highest BCUT2D eigenvalue weighted by Crippen LogP contribution is 2.44. The molecular weight excluding hydrogens is 374 g/mol. The van der Waals surface area contributed by atoms with E-state index in [1.54, 1.807) is 14.2 Å². The minimum Gasteiger partial charge on any atom is -0.493 e. The Morgan fingerprint density at radius 2 is 1.67 bits per heavy atom. The van der Waals surface area contributed by atoms with Crippen LogP contribution in [0.4, 0.5) is 0 Å². The molecule has 2 aromatic rings. The predicted molar refractivity (Wildman–Crippen MR) is 122 cm³/mol. The summed E-state index contributed by atoms with van der Waals surface area (Å²) in [6.07, 6.45) is 5.03. The summed E-state index contributed by atoms with van der Waals surface area (Å²) in [4.78, 5) is 2.48. The van der Waals surface area contributed by atoms with E-state index >= 15 is 0 Å². The van der Waals surface area contributed by atoms with Crippen LogP contribution >= 0.6 is 0 Å². The second kappa shape index (κ2) is 10.8. The topological polar surface area (TPSA) is 30.9 Å². The summed E-state index contributed by atoms with van der Waals surface area (Å²) in [5, 5.41) is 0.